The van der Waals surface area contributed by atoms with Gasteiger partial charge >= 0.3 is 6.09 Å². The van der Waals surface area contributed by atoms with Crippen LogP contribution in [-0.4, -0.2) is 77.0 Å². The Hall–Kier alpha value is -3.84. The van der Waals surface area contributed by atoms with E-state index < -0.39 is 30.6 Å². The molecule has 0 fully saturated rings. The number of hydrogen-bond donors (Lipinski definition) is 5. The molecule has 0 radical (unpaired) electrons. The number of aryl methyl sites for hydroxylation is 2. The van der Waals surface area contributed by atoms with E-state index in [4.69, 9.17) is 5.11 Å². The average molecular weight is 491 g/mol. The van der Waals surface area contributed by atoms with Gasteiger partial charge in [-0.25, -0.2) is 14.8 Å². The lowest BCUT2D eigenvalue weighted by Crippen LogP contribution is -2.48. The Bertz CT molecular complexity index is 1070. The molecular formula is C21H26N6O6S. The van der Waals surface area contributed by atoms with Crippen molar-refractivity contribution < 1.29 is 29.4 Å². The van der Waals surface area contributed by atoms with Crippen molar-refractivity contribution in [2.75, 3.05) is 26.0 Å². The summed E-state index contributed by atoms with van der Waals surface area (Å²) in [5.74, 6) is -1.36. The minimum atomic E-state index is -1.21. The quantitative estimate of drug-likeness (QED) is 0.244. The second-order valence-corrected chi connectivity index (χ2v) is 8.29. The topological polar surface area (TPSA) is 173 Å². The van der Waals surface area contributed by atoms with Crippen molar-refractivity contribution in [3.05, 3.63) is 40.4 Å². The van der Waals surface area contributed by atoms with Crippen molar-refractivity contribution in [3.63, 3.8) is 0 Å². The molecule has 0 aliphatic heterocycles. The zero-order valence-electron chi connectivity index (χ0n) is 18.9. The molecule has 1 atom stereocenters. The van der Waals surface area contributed by atoms with Gasteiger partial charge in [0.15, 0.2) is 5.13 Å². The molecule has 0 unspecified atom stereocenters. The number of aliphatic hydroxyl groups is 1. The lowest BCUT2D eigenvalue weighted by atomic mass is 10.1. The van der Waals surface area contributed by atoms with Gasteiger partial charge in [-0.3, -0.25) is 19.7 Å². The fourth-order valence-electron chi connectivity index (χ4n) is 2.80. The molecule has 0 spiro atoms. The monoisotopic (exact) mass is 490 g/mol. The van der Waals surface area contributed by atoms with Crippen molar-refractivity contribution in [1.82, 2.24) is 20.5 Å². The molecule has 182 valence electrons. The third kappa shape index (κ3) is 7.94. The van der Waals surface area contributed by atoms with Crippen LogP contribution >= 0.6 is 11.3 Å². The molecule has 2 rings (SSSR count). The van der Waals surface area contributed by atoms with E-state index in [9.17, 15) is 24.3 Å². The number of thiazole rings is 1. The Morgan fingerprint density at radius 3 is 2.41 bits per heavy atom. The van der Waals surface area contributed by atoms with Gasteiger partial charge in [-0.2, -0.15) is 0 Å². The number of benzene rings is 1. The fourth-order valence-corrected chi connectivity index (χ4v) is 3.76. The van der Waals surface area contributed by atoms with Crippen LogP contribution in [0.1, 0.15) is 27.9 Å². The summed E-state index contributed by atoms with van der Waals surface area (Å²) in [6.07, 6.45) is 0.745. The molecule has 0 bridgehead atoms. The highest BCUT2D eigenvalue weighted by Crippen LogP contribution is 2.25. The number of amides is 4. The van der Waals surface area contributed by atoms with Crippen LogP contribution in [-0.2, 0) is 22.4 Å². The van der Waals surface area contributed by atoms with E-state index in [1.807, 2.05) is 17.4 Å². The van der Waals surface area contributed by atoms with Gasteiger partial charge < -0.3 is 25.7 Å². The van der Waals surface area contributed by atoms with Crippen molar-refractivity contribution >= 4 is 52.3 Å². The Labute approximate surface area is 199 Å². The predicted molar refractivity (Wildman–Crippen MR) is 127 cm³/mol. The third-order valence-electron chi connectivity index (χ3n) is 4.40. The maximum absolute atomic E-state index is 12.9. The maximum Gasteiger partial charge on any atom is 0.409 e. The molecule has 0 saturated carbocycles. The maximum atomic E-state index is 12.9. The highest BCUT2D eigenvalue weighted by Gasteiger charge is 2.25. The summed E-state index contributed by atoms with van der Waals surface area (Å²) in [4.78, 5) is 56.7. The van der Waals surface area contributed by atoms with Crippen LogP contribution in [0.15, 0.2) is 29.3 Å². The van der Waals surface area contributed by atoms with E-state index in [1.54, 1.807) is 12.1 Å². The van der Waals surface area contributed by atoms with Gasteiger partial charge in [-0.15, -0.1) is 0 Å². The Kier molecular flexibility index (Phi) is 9.64. The van der Waals surface area contributed by atoms with Gasteiger partial charge in [0.05, 0.1) is 24.3 Å². The minimum absolute atomic E-state index is 0.231. The molecule has 4 amide bonds. The van der Waals surface area contributed by atoms with Gasteiger partial charge in [0.2, 0.25) is 11.8 Å². The van der Waals surface area contributed by atoms with Crippen molar-refractivity contribution in [1.29, 1.82) is 0 Å². The average Bonchev–Trinajstić information content (AvgIpc) is 3.18. The number of hydrogen-bond acceptors (Lipinski definition) is 8. The molecule has 0 aliphatic rings. The van der Waals surface area contributed by atoms with E-state index in [-0.39, 0.29) is 15.9 Å². The van der Waals surface area contributed by atoms with Crippen molar-refractivity contribution in [2.24, 2.45) is 4.99 Å². The normalized spacial score (nSPS) is 11.6. The van der Waals surface area contributed by atoms with E-state index in [0.29, 0.717) is 24.2 Å². The number of nitrogens with zero attached hydrogens (tertiary/aromatic N) is 3. The molecule has 1 aromatic heterocycles. The molecule has 5 N–H and O–H groups in total. The fraction of sp³-hybridized carbons (Fsp3) is 0.333. The summed E-state index contributed by atoms with van der Waals surface area (Å²) in [5.41, 5.74) is 1.91. The number of carboxylic acid groups (broad SMARTS) is 1. The zero-order chi connectivity index (χ0) is 25.3. The second-order valence-electron chi connectivity index (χ2n) is 7.29. The predicted octanol–water partition coefficient (Wildman–Crippen LogP) is 0.993. The molecular weight excluding hydrogens is 464 g/mol. The number of aliphatic imine (C=N–C) groups is 1. The van der Waals surface area contributed by atoms with E-state index in [0.717, 1.165) is 23.2 Å². The van der Waals surface area contributed by atoms with Crippen LogP contribution in [0, 0.1) is 0 Å². The number of rotatable bonds is 10. The number of likely N-dealkylation sites (N-methyl/N-ethyl adjacent to an activating group) is 1. The first-order valence-corrected chi connectivity index (χ1v) is 10.9. The highest BCUT2D eigenvalue weighted by atomic mass is 32.1. The van der Waals surface area contributed by atoms with Crippen LogP contribution < -0.4 is 16.0 Å². The molecule has 2 aromatic rings. The van der Waals surface area contributed by atoms with Crippen LogP contribution in [0.2, 0.25) is 0 Å². The zero-order valence-corrected chi connectivity index (χ0v) is 19.7. The Balaban J connectivity index is 2.16. The molecule has 1 heterocycles. The van der Waals surface area contributed by atoms with E-state index >= 15 is 0 Å². The first kappa shape index (κ1) is 26.4. The number of aliphatic hydroxyl groups excluding tert-OH is 1. The number of aromatic nitrogens is 1. The number of carbonyl (C=O) groups excluding carboxylic acids is 3. The second kappa shape index (κ2) is 12.4. The molecule has 0 aliphatic carbocycles. The molecule has 0 saturated heterocycles. The molecule has 13 heteroatoms. The molecule has 12 nitrogen and oxygen atoms in total. The van der Waals surface area contributed by atoms with Crippen LogP contribution in [0.5, 0.6) is 0 Å². The summed E-state index contributed by atoms with van der Waals surface area (Å²) in [7, 11) is 3.03. The van der Waals surface area contributed by atoms with Crippen molar-refractivity contribution in [2.45, 2.75) is 25.8 Å². The van der Waals surface area contributed by atoms with Crippen LogP contribution in [0.3, 0.4) is 0 Å². The summed E-state index contributed by atoms with van der Waals surface area (Å²) < 4.78 is 0. The SMILES string of the molecule is CC(=O)Nc1nc(CCc2ccc(N=CNC(=O)O)cc2)c(C(=O)N[C@@H](CO)C(=O)N(C)C)s1. The molecule has 34 heavy (non-hydrogen) atoms. The molecule has 1 aromatic carbocycles. The van der Waals surface area contributed by atoms with Gasteiger partial charge in [-0.1, -0.05) is 23.5 Å². The summed E-state index contributed by atoms with van der Waals surface area (Å²) in [6, 6.07) is 5.94. The van der Waals surface area contributed by atoms with Gasteiger partial charge in [0.1, 0.15) is 10.9 Å². The standard InChI is InChI=1S/C21H26N6O6S/c1-12(29)24-20-26-15(17(34-20)18(30)25-16(10-28)19(31)27(2)3)9-6-13-4-7-14(8-5-13)22-11-23-21(32)33/h4-5,7-8,11,16,28H,6,9-10H2,1-3H3,(H,22,23)(H,25,30)(H,32,33)(H,24,26,29)/t16-/m0/s1. The van der Waals surface area contributed by atoms with Gasteiger partial charge in [-0.05, 0) is 30.5 Å². The summed E-state index contributed by atoms with van der Waals surface area (Å²) in [5, 5.41) is 25.4. The van der Waals surface area contributed by atoms with Crippen LogP contribution in [0.4, 0.5) is 15.6 Å². The lowest BCUT2D eigenvalue weighted by Gasteiger charge is -2.19. The lowest BCUT2D eigenvalue weighted by molar-refractivity contribution is -0.131. The number of anilines is 1. The van der Waals surface area contributed by atoms with Crippen LogP contribution in [0.25, 0.3) is 0 Å². The van der Waals surface area contributed by atoms with E-state index in [1.165, 1.54) is 25.9 Å². The van der Waals surface area contributed by atoms with Gasteiger partial charge in [0.25, 0.3) is 5.91 Å². The summed E-state index contributed by atoms with van der Waals surface area (Å²) in [6.45, 7) is 0.765. The first-order valence-electron chi connectivity index (χ1n) is 10.1. The number of carbonyl (C=O) groups is 4. The largest absolute Gasteiger partial charge is 0.465 e. The number of nitrogens with one attached hydrogen (secondary N) is 3. The minimum Gasteiger partial charge on any atom is -0.465 e. The smallest absolute Gasteiger partial charge is 0.409 e. The van der Waals surface area contributed by atoms with Gasteiger partial charge in [0, 0.05) is 21.0 Å². The highest BCUT2D eigenvalue weighted by molar-refractivity contribution is 7.17. The first-order chi connectivity index (χ1) is 16.1. The Morgan fingerprint density at radius 1 is 1.18 bits per heavy atom. The van der Waals surface area contributed by atoms with Crippen molar-refractivity contribution in [3.8, 4) is 0 Å². The Morgan fingerprint density at radius 2 is 1.85 bits per heavy atom. The van der Waals surface area contributed by atoms with E-state index in [2.05, 4.69) is 20.6 Å². The summed E-state index contributed by atoms with van der Waals surface area (Å²) >= 11 is 0.982. The third-order valence-corrected chi connectivity index (χ3v) is 5.41.